The van der Waals surface area contributed by atoms with Gasteiger partial charge in [-0.05, 0) is 46.3 Å². The van der Waals surface area contributed by atoms with Crippen molar-refractivity contribution in [3.63, 3.8) is 0 Å². The molecule has 4 heteroatoms. The molecule has 2 aromatic rings. The number of aromatic nitrogens is 1. The quantitative estimate of drug-likeness (QED) is 0.684. The Hall–Kier alpha value is -2.12. The van der Waals surface area contributed by atoms with E-state index in [2.05, 4.69) is 32.2 Å². The molecule has 2 rings (SSSR count). The molecule has 1 amide bonds. The summed E-state index contributed by atoms with van der Waals surface area (Å²) in [5.41, 5.74) is 1.71. The lowest BCUT2D eigenvalue weighted by Gasteiger charge is -2.05. The first kappa shape index (κ1) is 12.3. The Morgan fingerprint density at radius 2 is 2.06 bits per heavy atom. The molecule has 1 aromatic heterocycles. The minimum absolute atomic E-state index is 0.273. The van der Waals surface area contributed by atoms with Crippen LogP contribution in [-0.2, 0) is 0 Å². The van der Waals surface area contributed by atoms with E-state index in [0.29, 0.717) is 16.0 Å². The van der Waals surface area contributed by atoms with Crippen molar-refractivity contribution in [3.05, 3.63) is 58.3 Å². The van der Waals surface area contributed by atoms with Gasteiger partial charge in [0.05, 0.1) is 0 Å². The third-order valence-corrected chi connectivity index (χ3v) is 2.68. The average Bonchev–Trinajstić information content (AvgIpc) is 2.39. The number of amides is 1. The van der Waals surface area contributed by atoms with Crippen LogP contribution in [-0.4, -0.2) is 10.9 Å². The number of pyridine rings is 1. The lowest BCUT2D eigenvalue weighted by molar-refractivity contribution is 0.102. The predicted octanol–water partition coefficient (Wildman–Crippen LogP) is 3.08. The Morgan fingerprint density at radius 1 is 1.28 bits per heavy atom. The van der Waals surface area contributed by atoms with Crippen molar-refractivity contribution in [2.75, 3.05) is 5.32 Å². The second-order valence-electron chi connectivity index (χ2n) is 3.52. The van der Waals surface area contributed by atoms with Gasteiger partial charge in [-0.2, -0.15) is 0 Å². The second kappa shape index (κ2) is 5.48. The van der Waals surface area contributed by atoms with Gasteiger partial charge in [0.1, 0.15) is 10.3 Å². The van der Waals surface area contributed by atoms with Crippen LogP contribution < -0.4 is 5.32 Å². The molecule has 0 bridgehead atoms. The number of terminal acetylenes is 1. The van der Waals surface area contributed by atoms with Gasteiger partial charge in [0.25, 0.3) is 5.91 Å². The lowest BCUT2D eigenvalue weighted by atomic mass is 10.2. The molecule has 0 saturated heterocycles. The van der Waals surface area contributed by atoms with E-state index in [1.165, 1.54) is 0 Å². The molecule has 1 N–H and O–H groups in total. The maximum absolute atomic E-state index is 11.9. The highest BCUT2D eigenvalue weighted by molar-refractivity contribution is 9.10. The Balaban J connectivity index is 2.19. The van der Waals surface area contributed by atoms with Crippen molar-refractivity contribution in [2.45, 2.75) is 0 Å². The molecule has 0 aliphatic rings. The topological polar surface area (TPSA) is 42.0 Å². The van der Waals surface area contributed by atoms with Gasteiger partial charge < -0.3 is 5.32 Å². The minimum atomic E-state index is -0.273. The fourth-order valence-electron chi connectivity index (χ4n) is 1.42. The minimum Gasteiger partial charge on any atom is -0.321 e. The number of halogens is 1. The summed E-state index contributed by atoms with van der Waals surface area (Å²) in [6.07, 6.45) is 5.30. The molecule has 0 atom stereocenters. The number of nitrogens with zero attached hydrogens (tertiary/aromatic N) is 1. The Kier molecular flexibility index (Phi) is 3.75. The number of nitrogens with one attached hydrogen (secondary N) is 1. The van der Waals surface area contributed by atoms with Gasteiger partial charge in [0, 0.05) is 11.3 Å². The van der Waals surface area contributed by atoms with E-state index in [9.17, 15) is 4.79 Å². The number of benzene rings is 1. The molecule has 0 unspecified atom stereocenters. The maximum Gasteiger partial charge on any atom is 0.274 e. The van der Waals surface area contributed by atoms with Crippen molar-refractivity contribution >= 4 is 27.5 Å². The van der Waals surface area contributed by atoms with Crippen LogP contribution >= 0.6 is 15.9 Å². The molecular weight excluding hydrogens is 292 g/mol. The van der Waals surface area contributed by atoms with Gasteiger partial charge in [0.2, 0.25) is 0 Å². The summed E-state index contributed by atoms with van der Waals surface area (Å²) < 4.78 is 0.618. The van der Waals surface area contributed by atoms with Crippen molar-refractivity contribution in [1.82, 2.24) is 4.98 Å². The normalized spacial score (nSPS) is 9.56. The Bertz CT molecular complexity index is 632. The predicted molar refractivity (Wildman–Crippen MR) is 74.3 cm³/mol. The van der Waals surface area contributed by atoms with Gasteiger partial charge in [-0.15, -0.1) is 6.42 Å². The van der Waals surface area contributed by atoms with Crippen LogP contribution in [0.4, 0.5) is 5.69 Å². The van der Waals surface area contributed by atoms with Gasteiger partial charge >= 0.3 is 0 Å². The molecule has 1 heterocycles. The van der Waals surface area contributed by atoms with Crippen LogP contribution in [0.2, 0.25) is 0 Å². The molecule has 18 heavy (non-hydrogen) atoms. The molecule has 0 saturated carbocycles. The molecule has 88 valence electrons. The lowest BCUT2D eigenvalue weighted by Crippen LogP contribution is -2.13. The molecule has 3 nitrogen and oxygen atoms in total. The SMILES string of the molecule is C#Cc1cccc(NC(=O)c2cccc(Br)n2)c1. The second-order valence-corrected chi connectivity index (χ2v) is 4.34. The zero-order valence-corrected chi connectivity index (χ0v) is 10.9. The first-order valence-corrected chi connectivity index (χ1v) is 5.99. The highest BCUT2D eigenvalue weighted by Crippen LogP contribution is 2.12. The monoisotopic (exact) mass is 300 g/mol. The molecule has 1 aromatic carbocycles. The third-order valence-electron chi connectivity index (χ3n) is 2.23. The largest absolute Gasteiger partial charge is 0.321 e. The van der Waals surface area contributed by atoms with E-state index in [1.807, 2.05) is 0 Å². The molecular formula is C14H9BrN2O. The number of hydrogen-bond donors (Lipinski definition) is 1. The summed E-state index contributed by atoms with van der Waals surface area (Å²) in [6, 6.07) is 12.3. The molecule has 0 aliphatic carbocycles. The van der Waals surface area contributed by atoms with Gasteiger partial charge in [-0.3, -0.25) is 4.79 Å². The molecule has 0 spiro atoms. The zero-order valence-electron chi connectivity index (χ0n) is 9.35. The fraction of sp³-hybridized carbons (Fsp3) is 0. The Morgan fingerprint density at radius 3 is 2.78 bits per heavy atom. The maximum atomic E-state index is 11.9. The smallest absolute Gasteiger partial charge is 0.274 e. The first-order chi connectivity index (χ1) is 8.69. The van der Waals surface area contributed by atoms with E-state index in [1.54, 1.807) is 42.5 Å². The molecule has 0 aliphatic heterocycles. The number of anilines is 1. The van der Waals surface area contributed by atoms with Crippen LogP contribution in [0, 0.1) is 12.3 Å². The Labute approximate surface area is 113 Å². The standard InChI is InChI=1S/C14H9BrN2O/c1-2-10-5-3-6-11(9-10)16-14(18)12-7-4-8-13(15)17-12/h1,3-9H,(H,16,18). The van der Waals surface area contributed by atoms with Crippen molar-refractivity contribution in [2.24, 2.45) is 0 Å². The van der Waals surface area contributed by atoms with Gasteiger partial charge in [-0.1, -0.05) is 18.1 Å². The summed E-state index contributed by atoms with van der Waals surface area (Å²) in [5, 5.41) is 2.74. The number of rotatable bonds is 2. The van der Waals surface area contributed by atoms with Crippen LogP contribution in [0.15, 0.2) is 47.1 Å². The highest BCUT2D eigenvalue weighted by Gasteiger charge is 2.07. The van der Waals surface area contributed by atoms with Gasteiger partial charge in [-0.25, -0.2) is 4.98 Å². The van der Waals surface area contributed by atoms with Crippen molar-refractivity contribution in [1.29, 1.82) is 0 Å². The van der Waals surface area contributed by atoms with E-state index >= 15 is 0 Å². The summed E-state index contributed by atoms with van der Waals surface area (Å²) >= 11 is 3.22. The third kappa shape index (κ3) is 2.96. The summed E-state index contributed by atoms with van der Waals surface area (Å²) in [4.78, 5) is 16.0. The van der Waals surface area contributed by atoms with Crippen molar-refractivity contribution in [3.8, 4) is 12.3 Å². The van der Waals surface area contributed by atoms with Crippen LogP contribution in [0.1, 0.15) is 16.1 Å². The molecule has 0 radical (unpaired) electrons. The van der Waals surface area contributed by atoms with Crippen LogP contribution in [0.25, 0.3) is 0 Å². The highest BCUT2D eigenvalue weighted by atomic mass is 79.9. The average molecular weight is 301 g/mol. The summed E-state index contributed by atoms with van der Waals surface area (Å²) in [5.74, 6) is 2.24. The number of hydrogen-bond acceptors (Lipinski definition) is 2. The van der Waals surface area contributed by atoms with E-state index < -0.39 is 0 Å². The van der Waals surface area contributed by atoms with Crippen molar-refractivity contribution < 1.29 is 4.79 Å². The molecule has 0 fully saturated rings. The van der Waals surface area contributed by atoms with Gasteiger partial charge in [0.15, 0.2) is 0 Å². The van der Waals surface area contributed by atoms with E-state index in [-0.39, 0.29) is 5.91 Å². The zero-order chi connectivity index (χ0) is 13.0. The van der Waals surface area contributed by atoms with E-state index in [0.717, 1.165) is 5.56 Å². The summed E-state index contributed by atoms with van der Waals surface area (Å²) in [7, 11) is 0. The van der Waals surface area contributed by atoms with Crippen LogP contribution in [0.3, 0.4) is 0 Å². The number of carbonyl (C=O) groups excluding carboxylic acids is 1. The van der Waals surface area contributed by atoms with Crippen LogP contribution in [0.5, 0.6) is 0 Å². The summed E-state index contributed by atoms with van der Waals surface area (Å²) in [6.45, 7) is 0. The first-order valence-electron chi connectivity index (χ1n) is 5.19. The van der Waals surface area contributed by atoms with E-state index in [4.69, 9.17) is 6.42 Å². The number of carbonyl (C=O) groups is 1. The fourth-order valence-corrected chi connectivity index (χ4v) is 1.76.